The monoisotopic (exact) mass is 500 g/mol. The highest BCUT2D eigenvalue weighted by Gasteiger charge is 2.16. The summed E-state index contributed by atoms with van der Waals surface area (Å²) in [6, 6.07) is 39.8. The van der Waals surface area contributed by atoms with E-state index in [-0.39, 0.29) is 0 Å². The van der Waals surface area contributed by atoms with E-state index in [2.05, 4.69) is 96.0 Å². The second-order valence-corrected chi connectivity index (χ2v) is 9.84. The van der Waals surface area contributed by atoms with Crippen molar-refractivity contribution in [2.24, 2.45) is 4.99 Å². The third kappa shape index (κ3) is 4.13. The van der Waals surface area contributed by atoms with Crippen LogP contribution in [0.4, 0.5) is 0 Å². The summed E-state index contributed by atoms with van der Waals surface area (Å²) in [5.74, 6) is 0. The maximum atomic E-state index is 9.25. The van der Waals surface area contributed by atoms with Gasteiger partial charge < -0.3 is 4.42 Å². The Kier molecular flexibility index (Phi) is 5.65. The first-order valence-corrected chi connectivity index (χ1v) is 13.2. The molecule has 0 fully saturated rings. The molecular formula is C36H24N2O. The van der Waals surface area contributed by atoms with Crippen molar-refractivity contribution in [1.29, 1.82) is 5.26 Å². The van der Waals surface area contributed by atoms with Crippen molar-refractivity contribution in [3.63, 3.8) is 0 Å². The fraction of sp³-hybridized carbons (Fsp3) is 0.0556. The van der Waals surface area contributed by atoms with Gasteiger partial charge in [0.25, 0.3) is 0 Å². The van der Waals surface area contributed by atoms with Crippen molar-refractivity contribution in [1.82, 2.24) is 0 Å². The van der Waals surface area contributed by atoms with Gasteiger partial charge >= 0.3 is 0 Å². The molecule has 7 rings (SSSR count). The number of fused-ring (bicyclic) bond motifs is 3. The Morgan fingerprint density at radius 3 is 1.79 bits per heavy atom. The lowest BCUT2D eigenvalue weighted by molar-refractivity contribution is 0.671. The quantitative estimate of drug-likeness (QED) is 0.242. The maximum Gasteiger partial charge on any atom is 0.143 e. The van der Waals surface area contributed by atoms with Crippen molar-refractivity contribution in [2.75, 3.05) is 0 Å². The highest BCUT2D eigenvalue weighted by Crippen LogP contribution is 2.40. The Hall–Kier alpha value is -5.20. The topological polar surface area (TPSA) is 49.3 Å². The van der Waals surface area contributed by atoms with Gasteiger partial charge in [-0.2, -0.15) is 5.26 Å². The van der Waals surface area contributed by atoms with Crippen LogP contribution in [0.1, 0.15) is 24.0 Å². The molecule has 1 aliphatic rings. The molecule has 3 heteroatoms. The Morgan fingerprint density at radius 2 is 1.21 bits per heavy atom. The van der Waals surface area contributed by atoms with Crippen LogP contribution in [0, 0.1) is 11.3 Å². The minimum atomic E-state index is 0.661. The minimum Gasteiger partial charge on any atom is -0.455 e. The highest BCUT2D eigenvalue weighted by atomic mass is 16.3. The maximum absolute atomic E-state index is 9.25. The molecule has 0 spiro atoms. The first-order chi connectivity index (χ1) is 19.3. The van der Waals surface area contributed by atoms with Crippen LogP contribution in [-0.2, 0) is 0 Å². The Labute approximate surface area is 227 Å². The van der Waals surface area contributed by atoms with E-state index in [9.17, 15) is 5.26 Å². The summed E-state index contributed by atoms with van der Waals surface area (Å²) in [7, 11) is 0. The number of rotatable bonds is 4. The van der Waals surface area contributed by atoms with E-state index in [1.165, 1.54) is 11.1 Å². The molecule has 0 amide bonds. The van der Waals surface area contributed by atoms with Crippen LogP contribution >= 0.6 is 0 Å². The number of nitriles is 1. The third-order valence-electron chi connectivity index (χ3n) is 7.49. The number of hydrogen-bond acceptors (Lipinski definition) is 3. The van der Waals surface area contributed by atoms with Gasteiger partial charge in [-0.05, 0) is 58.4 Å². The molecule has 6 aromatic rings. The van der Waals surface area contributed by atoms with E-state index in [4.69, 9.17) is 4.42 Å². The molecule has 5 aromatic carbocycles. The van der Waals surface area contributed by atoms with E-state index in [0.29, 0.717) is 5.56 Å². The normalized spacial score (nSPS) is 12.9. The van der Waals surface area contributed by atoms with Crippen molar-refractivity contribution >= 4 is 33.7 Å². The number of para-hydroxylation sites is 2. The van der Waals surface area contributed by atoms with Gasteiger partial charge in [-0.1, -0.05) is 97.1 Å². The zero-order valence-corrected chi connectivity index (χ0v) is 21.3. The number of hydrogen-bond donors (Lipinski definition) is 0. The van der Waals surface area contributed by atoms with Gasteiger partial charge in [0.15, 0.2) is 0 Å². The molecule has 0 bridgehead atoms. The summed E-state index contributed by atoms with van der Waals surface area (Å²) in [4.78, 5) is 4.33. The van der Waals surface area contributed by atoms with Crippen LogP contribution in [0.15, 0.2) is 125 Å². The molecule has 0 radical (unpaired) electrons. The number of aliphatic imine (C=N–C) groups is 1. The van der Waals surface area contributed by atoms with Gasteiger partial charge in [0.05, 0.1) is 11.6 Å². The standard InChI is InChI=1S/C36H24N2O/c37-22-24-5-1-6-29(21-24)25-12-16-27(17-13-25)31-8-2-10-33-34-11-3-9-32(36(34)39-35(31)33)28-18-14-26(15-19-28)30-7-4-20-38-23-30/h1-3,5-6,8-21,23H,4,7H2. The summed E-state index contributed by atoms with van der Waals surface area (Å²) in [6.07, 6.45) is 5.96. The minimum absolute atomic E-state index is 0.661. The molecule has 2 heterocycles. The molecule has 39 heavy (non-hydrogen) atoms. The molecule has 184 valence electrons. The third-order valence-corrected chi connectivity index (χ3v) is 7.49. The van der Waals surface area contributed by atoms with Crippen molar-refractivity contribution in [3.8, 4) is 39.4 Å². The summed E-state index contributed by atoms with van der Waals surface area (Å²) < 4.78 is 6.65. The molecule has 0 saturated carbocycles. The van der Waals surface area contributed by atoms with Crippen molar-refractivity contribution < 1.29 is 4.42 Å². The molecule has 3 nitrogen and oxygen atoms in total. The zero-order valence-electron chi connectivity index (χ0n) is 21.3. The summed E-state index contributed by atoms with van der Waals surface area (Å²) >= 11 is 0. The largest absolute Gasteiger partial charge is 0.455 e. The highest BCUT2D eigenvalue weighted by molar-refractivity contribution is 6.13. The van der Waals surface area contributed by atoms with E-state index in [1.807, 2.05) is 36.7 Å². The molecule has 0 saturated heterocycles. The summed E-state index contributed by atoms with van der Waals surface area (Å²) in [6.45, 7) is 0. The fourth-order valence-electron chi connectivity index (χ4n) is 5.47. The average Bonchev–Trinajstić information content (AvgIpc) is 3.41. The number of furan rings is 1. The molecule has 0 aliphatic carbocycles. The van der Waals surface area contributed by atoms with Gasteiger partial charge in [0.2, 0.25) is 0 Å². The Bertz CT molecular complexity index is 1950. The number of benzene rings is 5. The second-order valence-electron chi connectivity index (χ2n) is 9.84. The van der Waals surface area contributed by atoms with Gasteiger partial charge in [-0.15, -0.1) is 0 Å². The van der Waals surface area contributed by atoms with Crippen LogP contribution < -0.4 is 0 Å². The lowest BCUT2D eigenvalue weighted by Gasteiger charge is -2.10. The van der Waals surface area contributed by atoms with Crippen molar-refractivity contribution in [3.05, 3.63) is 127 Å². The lowest BCUT2D eigenvalue weighted by atomic mass is 9.96. The van der Waals surface area contributed by atoms with E-state index in [1.54, 1.807) is 0 Å². The average molecular weight is 501 g/mol. The van der Waals surface area contributed by atoms with Gasteiger partial charge in [-0.25, -0.2) is 0 Å². The predicted octanol–water partition coefficient (Wildman–Crippen LogP) is 9.66. The summed E-state index contributed by atoms with van der Waals surface area (Å²) in [5, 5.41) is 11.5. The van der Waals surface area contributed by atoms with Crippen molar-refractivity contribution in [2.45, 2.75) is 12.8 Å². The molecular weight excluding hydrogens is 476 g/mol. The van der Waals surface area contributed by atoms with Crippen LogP contribution in [0.2, 0.25) is 0 Å². The molecule has 0 atom stereocenters. The predicted molar refractivity (Wildman–Crippen MR) is 160 cm³/mol. The second kappa shape index (κ2) is 9.59. The first kappa shape index (κ1) is 23.0. The Morgan fingerprint density at radius 1 is 0.615 bits per heavy atom. The zero-order chi connectivity index (χ0) is 26.2. The van der Waals surface area contributed by atoms with Gasteiger partial charge in [0.1, 0.15) is 11.2 Å². The smallest absolute Gasteiger partial charge is 0.143 e. The van der Waals surface area contributed by atoms with Crippen LogP contribution in [0.25, 0.3) is 60.9 Å². The fourth-order valence-corrected chi connectivity index (χ4v) is 5.47. The number of nitrogens with zero attached hydrogens (tertiary/aromatic N) is 2. The summed E-state index contributed by atoms with van der Waals surface area (Å²) in [5.41, 5.74) is 11.4. The number of allylic oxidation sites excluding steroid dienone is 1. The molecule has 0 unspecified atom stereocenters. The van der Waals surface area contributed by atoms with E-state index in [0.717, 1.165) is 68.2 Å². The molecule has 0 N–H and O–H groups in total. The molecule has 1 aromatic heterocycles. The SMILES string of the molecule is N#Cc1cccc(-c2ccc(-c3cccc4c3oc3c(-c5ccc(C6=CN=CCC6)cc5)cccc34)cc2)c1. The lowest BCUT2D eigenvalue weighted by Crippen LogP contribution is -1.90. The van der Waals surface area contributed by atoms with Crippen LogP contribution in [0.3, 0.4) is 0 Å². The first-order valence-electron chi connectivity index (χ1n) is 13.2. The van der Waals surface area contributed by atoms with E-state index >= 15 is 0 Å². The van der Waals surface area contributed by atoms with Gasteiger partial charge in [-0.3, -0.25) is 4.99 Å². The van der Waals surface area contributed by atoms with Gasteiger partial charge in [0, 0.05) is 34.3 Å². The molecule has 1 aliphatic heterocycles. The Balaban J connectivity index is 1.29. The van der Waals surface area contributed by atoms with Crippen LogP contribution in [-0.4, -0.2) is 6.21 Å². The van der Waals surface area contributed by atoms with Crippen LogP contribution in [0.5, 0.6) is 0 Å². The van der Waals surface area contributed by atoms with E-state index < -0.39 is 0 Å².